The zero-order valence-corrected chi connectivity index (χ0v) is 8.70. The lowest BCUT2D eigenvalue weighted by molar-refractivity contribution is -0.122. The van der Waals surface area contributed by atoms with Gasteiger partial charge in [0.1, 0.15) is 0 Å². The van der Waals surface area contributed by atoms with Crippen molar-refractivity contribution in [2.45, 2.75) is 18.0 Å². The Kier molecular flexibility index (Phi) is 6.70. The van der Waals surface area contributed by atoms with Gasteiger partial charge in [-0.15, -0.1) is 0 Å². The molecule has 0 fully saturated rings. The molecule has 0 spiro atoms. The van der Waals surface area contributed by atoms with Crippen molar-refractivity contribution in [3.05, 3.63) is 0 Å². The van der Waals surface area contributed by atoms with Crippen molar-refractivity contribution < 1.29 is 23.1 Å². The zero-order valence-electron chi connectivity index (χ0n) is 7.88. The lowest BCUT2D eigenvalue weighted by Crippen LogP contribution is -2.42. The van der Waals surface area contributed by atoms with E-state index in [1.165, 1.54) is 0 Å². The van der Waals surface area contributed by atoms with Crippen LogP contribution in [-0.4, -0.2) is 41.5 Å². The van der Waals surface area contributed by atoms with Crippen molar-refractivity contribution in [2.75, 3.05) is 18.9 Å². The molecular weight excluding hydrogens is 233 g/mol. The standard InChI is InChI=1S/C7H13F3N2O2S/c8-7(9,10)15-4-1-5(11)6(14)12-2-3-13/h5,13H,1-4,11H2,(H,12,14)/t5-/m0/s1. The molecule has 0 aromatic heterocycles. The predicted molar refractivity (Wildman–Crippen MR) is 51.2 cm³/mol. The Hall–Kier alpha value is -0.470. The van der Waals surface area contributed by atoms with E-state index in [2.05, 4.69) is 5.32 Å². The second-order valence-electron chi connectivity index (χ2n) is 2.70. The molecule has 0 bridgehead atoms. The van der Waals surface area contributed by atoms with Gasteiger partial charge in [0.05, 0.1) is 12.6 Å². The van der Waals surface area contributed by atoms with Gasteiger partial charge in [-0.3, -0.25) is 4.79 Å². The molecule has 4 N–H and O–H groups in total. The number of nitrogens with one attached hydrogen (secondary N) is 1. The summed E-state index contributed by atoms with van der Waals surface area (Å²) in [6, 6.07) is -0.966. The Bertz CT molecular complexity index is 201. The topological polar surface area (TPSA) is 75.4 Å². The van der Waals surface area contributed by atoms with E-state index in [-0.39, 0.29) is 37.1 Å². The summed E-state index contributed by atoms with van der Waals surface area (Å²) in [5.74, 6) is -0.802. The Labute approximate surface area is 89.4 Å². The molecule has 0 saturated carbocycles. The number of nitrogens with two attached hydrogens (primary N) is 1. The van der Waals surface area contributed by atoms with Crippen molar-refractivity contribution in [1.29, 1.82) is 0 Å². The highest BCUT2D eigenvalue weighted by molar-refractivity contribution is 8.00. The Balaban J connectivity index is 3.64. The molecule has 4 nitrogen and oxygen atoms in total. The smallest absolute Gasteiger partial charge is 0.395 e. The average Bonchev–Trinajstić information content (AvgIpc) is 2.11. The number of rotatable bonds is 6. The second kappa shape index (κ2) is 6.91. The SMILES string of the molecule is N[C@@H](CCSC(F)(F)F)C(=O)NCCO. The molecule has 0 aromatic carbocycles. The van der Waals surface area contributed by atoms with Gasteiger partial charge >= 0.3 is 5.51 Å². The van der Waals surface area contributed by atoms with Crippen molar-refractivity contribution in [2.24, 2.45) is 5.73 Å². The van der Waals surface area contributed by atoms with Crippen LogP contribution in [0.2, 0.25) is 0 Å². The number of aliphatic hydroxyl groups excluding tert-OH is 1. The predicted octanol–water partition coefficient (Wildman–Crippen LogP) is 0.0653. The number of alkyl halides is 3. The minimum Gasteiger partial charge on any atom is -0.395 e. The van der Waals surface area contributed by atoms with Crippen molar-refractivity contribution in [1.82, 2.24) is 5.32 Å². The third-order valence-corrected chi connectivity index (χ3v) is 2.21. The van der Waals surface area contributed by atoms with Gasteiger partial charge in [0.25, 0.3) is 0 Å². The van der Waals surface area contributed by atoms with Crippen LogP contribution in [0.3, 0.4) is 0 Å². The molecule has 0 aliphatic carbocycles. The number of amides is 1. The maximum Gasteiger partial charge on any atom is 0.441 e. The summed E-state index contributed by atoms with van der Waals surface area (Å²) in [5, 5.41) is 10.6. The van der Waals surface area contributed by atoms with Gasteiger partial charge in [-0.1, -0.05) is 11.8 Å². The summed E-state index contributed by atoms with van der Waals surface area (Å²) in [7, 11) is 0. The Morgan fingerprint density at radius 1 is 1.53 bits per heavy atom. The summed E-state index contributed by atoms with van der Waals surface area (Å²) >= 11 is -0.206. The van der Waals surface area contributed by atoms with E-state index in [0.717, 1.165) is 0 Å². The molecule has 90 valence electrons. The minimum atomic E-state index is -4.29. The minimum absolute atomic E-state index is 0.0541. The lowest BCUT2D eigenvalue weighted by atomic mass is 10.2. The number of carbonyl (C=O) groups is 1. The van der Waals surface area contributed by atoms with E-state index in [9.17, 15) is 18.0 Å². The molecule has 8 heteroatoms. The van der Waals surface area contributed by atoms with Gasteiger partial charge in [-0.05, 0) is 6.42 Å². The molecule has 0 aliphatic rings. The largest absolute Gasteiger partial charge is 0.441 e. The molecule has 1 amide bonds. The van der Waals surface area contributed by atoms with Crippen LogP contribution in [0, 0.1) is 0 Å². The van der Waals surface area contributed by atoms with Crippen LogP contribution in [0.15, 0.2) is 0 Å². The van der Waals surface area contributed by atoms with E-state index in [0.29, 0.717) is 0 Å². The number of carbonyl (C=O) groups excluding carboxylic acids is 1. The normalized spacial score (nSPS) is 13.7. The maximum atomic E-state index is 11.7. The van der Waals surface area contributed by atoms with Crippen molar-refractivity contribution in [3.8, 4) is 0 Å². The first-order chi connectivity index (χ1) is 6.87. The third-order valence-electron chi connectivity index (χ3n) is 1.44. The van der Waals surface area contributed by atoms with Crippen LogP contribution in [0.1, 0.15) is 6.42 Å². The Morgan fingerprint density at radius 3 is 2.60 bits per heavy atom. The molecule has 15 heavy (non-hydrogen) atoms. The van der Waals surface area contributed by atoms with E-state index >= 15 is 0 Å². The highest BCUT2D eigenvalue weighted by atomic mass is 32.2. The highest BCUT2D eigenvalue weighted by Gasteiger charge is 2.28. The van der Waals surface area contributed by atoms with Gasteiger partial charge in [0.2, 0.25) is 5.91 Å². The quantitative estimate of drug-likeness (QED) is 0.619. The van der Waals surface area contributed by atoms with Crippen LogP contribution in [0.4, 0.5) is 13.2 Å². The lowest BCUT2D eigenvalue weighted by Gasteiger charge is -2.11. The molecule has 0 aromatic rings. The van der Waals surface area contributed by atoms with Gasteiger partial charge in [0.15, 0.2) is 0 Å². The van der Waals surface area contributed by atoms with E-state index in [4.69, 9.17) is 10.8 Å². The molecule has 0 unspecified atom stereocenters. The molecule has 0 radical (unpaired) electrons. The number of halogens is 3. The highest BCUT2D eigenvalue weighted by Crippen LogP contribution is 2.30. The van der Waals surface area contributed by atoms with Gasteiger partial charge in [-0.25, -0.2) is 0 Å². The molecule has 0 saturated heterocycles. The number of hydrogen-bond acceptors (Lipinski definition) is 4. The molecule has 0 aliphatic heterocycles. The number of thioether (sulfide) groups is 1. The summed E-state index contributed by atoms with van der Waals surface area (Å²) in [6.45, 7) is -0.172. The fourth-order valence-corrected chi connectivity index (χ4v) is 1.35. The van der Waals surface area contributed by atoms with Gasteiger partial charge in [0, 0.05) is 12.3 Å². The van der Waals surface area contributed by atoms with Crippen LogP contribution in [-0.2, 0) is 4.79 Å². The van der Waals surface area contributed by atoms with Crippen LogP contribution >= 0.6 is 11.8 Å². The zero-order chi connectivity index (χ0) is 11.9. The maximum absolute atomic E-state index is 11.7. The molecule has 1 atom stereocenters. The van der Waals surface area contributed by atoms with Gasteiger partial charge < -0.3 is 16.2 Å². The van der Waals surface area contributed by atoms with E-state index in [1.807, 2.05) is 0 Å². The first kappa shape index (κ1) is 14.5. The first-order valence-electron chi connectivity index (χ1n) is 4.21. The van der Waals surface area contributed by atoms with Crippen molar-refractivity contribution >= 4 is 17.7 Å². The average molecular weight is 246 g/mol. The number of aliphatic hydroxyl groups is 1. The summed E-state index contributed by atoms with van der Waals surface area (Å²) in [5.41, 5.74) is 1.02. The molecule has 0 heterocycles. The Morgan fingerprint density at radius 2 is 2.13 bits per heavy atom. The second-order valence-corrected chi connectivity index (χ2v) is 3.86. The van der Waals surface area contributed by atoms with E-state index in [1.54, 1.807) is 0 Å². The van der Waals surface area contributed by atoms with Crippen LogP contribution in [0.5, 0.6) is 0 Å². The summed E-state index contributed by atoms with van der Waals surface area (Å²) in [6.07, 6.45) is -0.0541. The molecule has 0 rings (SSSR count). The fourth-order valence-electron chi connectivity index (χ4n) is 0.743. The fraction of sp³-hybridized carbons (Fsp3) is 0.857. The van der Waals surface area contributed by atoms with E-state index < -0.39 is 17.5 Å². The summed E-state index contributed by atoms with van der Waals surface area (Å²) < 4.78 is 35.1. The summed E-state index contributed by atoms with van der Waals surface area (Å²) in [4.78, 5) is 11.0. The molecular formula is C7H13F3N2O2S. The van der Waals surface area contributed by atoms with Crippen molar-refractivity contribution in [3.63, 3.8) is 0 Å². The number of hydrogen-bond donors (Lipinski definition) is 3. The monoisotopic (exact) mass is 246 g/mol. The van der Waals surface area contributed by atoms with Crippen LogP contribution < -0.4 is 11.1 Å². The first-order valence-corrected chi connectivity index (χ1v) is 5.20. The van der Waals surface area contributed by atoms with Gasteiger partial charge in [-0.2, -0.15) is 13.2 Å². The van der Waals surface area contributed by atoms with Crippen LogP contribution in [0.25, 0.3) is 0 Å². The third kappa shape index (κ3) is 8.52.